The Morgan fingerprint density at radius 2 is 2.00 bits per heavy atom. The molecule has 0 radical (unpaired) electrons. The first-order valence-electron chi connectivity index (χ1n) is 5.82. The summed E-state index contributed by atoms with van der Waals surface area (Å²) in [5.41, 5.74) is 1.48. The highest BCUT2D eigenvalue weighted by Gasteiger charge is 2.42. The van der Waals surface area contributed by atoms with E-state index in [0.29, 0.717) is 6.04 Å². The highest BCUT2D eigenvalue weighted by molar-refractivity contribution is 5.22. The molecule has 1 N–H and O–H groups in total. The van der Waals surface area contributed by atoms with Gasteiger partial charge in [-0.2, -0.15) is 0 Å². The molecule has 0 amide bonds. The van der Waals surface area contributed by atoms with Gasteiger partial charge in [0.25, 0.3) is 0 Å². The lowest BCUT2D eigenvalue weighted by Gasteiger charge is -2.24. The summed E-state index contributed by atoms with van der Waals surface area (Å²) in [5.74, 6) is 1.68. The number of hydrogen-bond donors (Lipinski definition) is 1. The van der Waals surface area contributed by atoms with Crippen molar-refractivity contribution in [2.45, 2.75) is 6.04 Å². The molecule has 2 fully saturated rings. The number of hydrogen-bond acceptors (Lipinski definition) is 2. The number of benzene rings is 1. The Bertz CT molecular complexity index is 336. The molecule has 0 unspecified atom stereocenters. The second-order valence-electron chi connectivity index (χ2n) is 4.88. The summed E-state index contributed by atoms with van der Waals surface area (Å²) in [6.07, 6.45) is 0. The molecule has 0 aromatic heterocycles. The van der Waals surface area contributed by atoms with Gasteiger partial charge in [-0.05, 0) is 31.0 Å². The van der Waals surface area contributed by atoms with Crippen molar-refractivity contribution in [3.05, 3.63) is 35.9 Å². The van der Waals surface area contributed by atoms with Gasteiger partial charge < -0.3 is 5.32 Å². The first kappa shape index (κ1) is 9.37. The summed E-state index contributed by atoms with van der Waals surface area (Å²) in [5, 5.41) is 3.52. The van der Waals surface area contributed by atoms with Gasteiger partial charge in [0, 0.05) is 19.1 Å². The molecule has 2 heterocycles. The molecule has 80 valence electrons. The van der Waals surface area contributed by atoms with Gasteiger partial charge in [-0.3, -0.25) is 4.90 Å². The van der Waals surface area contributed by atoms with Gasteiger partial charge in [0.15, 0.2) is 0 Å². The van der Waals surface area contributed by atoms with Crippen LogP contribution in [0, 0.1) is 11.8 Å². The van der Waals surface area contributed by atoms with Gasteiger partial charge in [-0.1, -0.05) is 30.3 Å². The minimum Gasteiger partial charge on any atom is -0.316 e. The highest BCUT2D eigenvalue weighted by Crippen LogP contribution is 2.41. The molecule has 2 aliphatic heterocycles. The third kappa shape index (κ3) is 1.48. The average molecular weight is 202 g/mol. The molecular weight excluding hydrogens is 184 g/mol. The monoisotopic (exact) mass is 202 g/mol. The van der Waals surface area contributed by atoms with Crippen LogP contribution in [-0.2, 0) is 0 Å². The minimum atomic E-state index is 0.631. The maximum absolute atomic E-state index is 3.52. The van der Waals surface area contributed by atoms with E-state index in [1.54, 1.807) is 0 Å². The normalized spacial score (nSPS) is 35.7. The van der Waals surface area contributed by atoms with Gasteiger partial charge in [-0.15, -0.1) is 0 Å². The molecule has 1 aromatic rings. The van der Waals surface area contributed by atoms with Crippen LogP contribution in [0.15, 0.2) is 30.3 Å². The van der Waals surface area contributed by atoms with Crippen LogP contribution in [0.4, 0.5) is 0 Å². The van der Waals surface area contributed by atoms with Crippen LogP contribution in [0.1, 0.15) is 11.6 Å². The molecule has 2 heteroatoms. The van der Waals surface area contributed by atoms with Gasteiger partial charge in [0.2, 0.25) is 0 Å². The molecule has 2 nitrogen and oxygen atoms in total. The van der Waals surface area contributed by atoms with Crippen molar-refractivity contribution in [1.29, 1.82) is 0 Å². The number of nitrogens with one attached hydrogen (secondary N) is 1. The van der Waals surface area contributed by atoms with Crippen LogP contribution in [0.25, 0.3) is 0 Å². The van der Waals surface area contributed by atoms with Crippen molar-refractivity contribution in [3.8, 4) is 0 Å². The van der Waals surface area contributed by atoms with Crippen molar-refractivity contribution >= 4 is 0 Å². The summed E-state index contributed by atoms with van der Waals surface area (Å²) in [6.45, 7) is 3.64. The van der Waals surface area contributed by atoms with Crippen LogP contribution >= 0.6 is 0 Å². The number of rotatable bonds is 1. The van der Waals surface area contributed by atoms with Crippen LogP contribution in [0.5, 0.6) is 0 Å². The number of nitrogens with zero attached hydrogens (tertiary/aromatic N) is 1. The molecule has 3 atom stereocenters. The van der Waals surface area contributed by atoms with Crippen molar-refractivity contribution in [3.63, 3.8) is 0 Å². The molecule has 2 aliphatic rings. The Morgan fingerprint density at radius 3 is 2.80 bits per heavy atom. The van der Waals surface area contributed by atoms with Gasteiger partial charge in [0.05, 0.1) is 0 Å². The predicted molar refractivity (Wildman–Crippen MR) is 61.7 cm³/mol. The second kappa shape index (κ2) is 3.62. The van der Waals surface area contributed by atoms with E-state index in [9.17, 15) is 0 Å². The van der Waals surface area contributed by atoms with Crippen molar-refractivity contribution in [2.75, 3.05) is 26.7 Å². The lowest BCUT2D eigenvalue weighted by atomic mass is 9.90. The van der Waals surface area contributed by atoms with Gasteiger partial charge in [-0.25, -0.2) is 0 Å². The van der Waals surface area contributed by atoms with Gasteiger partial charge >= 0.3 is 0 Å². The summed E-state index contributed by atoms with van der Waals surface area (Å²) in [7, 11) is 2.26. The first-order chi connectivity index (χ1) is 7.36. The fourth-order valence-electron chi connectivity index (χ4n) is 3.29. The number of likely N-dealkylation sites (tertiary alicyclic amines) is 1. The fraction of sp³-hybridized carbons (Fsp3) is 0.538. The van der Waals surface area contributed by atoms with Crippen LogP contribution in [0.3, 0.4) is 0 Å². The third-order valence-corrected chi connectivity index (χ3v) is 3.94. The summed E-state index contributed by atoms with van der Waals surface area (Å²) in [6, 6.07) is 11.6. The van der Waals surface area contributed by atoms with E-state index in [1.165, 1.54) is 25.2 Å². The van der Waals surface area contributed by atoms with E-state index in [4.69, 9.17) is 0 Å². The zero-order valence-electron chi connectivity index (χ0n) is 9.19. The van der Waals surface area contributed by atoms with E-state index >= 15 is 0 Å². The van der Waals surface area contributed by atoms with Crippen molar-refractivity contribution in [2.24, 2.45) is 11.8 Å². The Hall–Kier alpha value is -0.860. The molecule has 0 bridgehead atoms. The van der Waals surface area contributed by atoms with Gasteiger partial charge in [0.1, 0.15) is 0 Å². The Morgan fingerprint density at radius 1 is 1.20 bits per heavy atom. The zero-order chi connectivity index (χ0) is 10.3. The SMILES string of the molecule is CN1C[C@@H]2CNC[C@H]2[C@H]1c1ccccc1. The Kier molecular flexibility index (Phi) is 2.26. The third-order valence-electron chi connectivity index (χ3n) is 3.94. The summed E-state index contributed by atoms with van der Waals surface area (Å²) < 4.78 is 0. The molecule has 0 saturated carbocycles. The molecule has 3 rings (SSSR count). The van der Waals surface area contributed by atoms with Crippen LogP contribution in [0.2, 0.25) is 0 Å². The van der Waals surface area contributed by atoms with E-state index in [0.717, 1.165) is 11.8 Å². The molecule has 0 aliphatic carbocycles. The van der Waals surface area contributed by atoms with E-state index in [1.807, 2.05) is 0 Å². The first-order valence-corrected chi connectivity index (χ1v) is 5.82. The predicted octanol–water partition coefficient (Wildman–Crippen LogP) is 1.51. The van der Waals surface area contributed by atoms with E-state index in [-0.39, 0.29) is 0 Å². The summed E-state index contributed by atoms with van der Waals surface area (Å²) >= 11 is 0. The molecule has 0 spiro atoms. The molecule has 2 saturated heterocycles. The topological polar surface area (TPSA) is 15.3 Å². The smallest absolute Gasteiger partial charge is 0.0389 e. The standard InChI is InChI=1S/C13H18N2/c1-15-9-11-7-14-8-12(11)13(15)10-5-3-2-4-6-10/h2-6,11-14H,7-9H2,1H3/t11-,12+,13+/m0/s1. The second-order valence-corrected chi connectivity index (χ2v) is 4.88. The molecule has 1 aromatic carbocycles. The Balaban J connectivity index is 1.91. The van der Waals surface area contributed by atoms with Crippen LogP contribution in [-0.4, -0.2) is 31.6 Å². The van der Waals surface area contributed by atoms with Crippen LogP contribution < -0.4 is 5.32 Å². The minimum absolute atomic E-state index is 0.631. The van der Waals surface area contributed by atoms with E-state index in [2.05, 4.69) is 47.6 Å². The fourth-order valence-corrected chi connectivity index (χ4v) is 3.29. The lowest BCUT2D eigenvalue weighted by Crippen LogP contribution is -2.25. The Labute approximate surface area is 91.3 Å². The van der Waals surface area contributed by atoms with Crippen molar-refractivity contribution in [1.82, 2.24) is 10.2 Å². The maximum atomic E-state index is 3.52. The summed E-state index contributed by atoms with van der Waals surface area (Å²) in [4.78, 5) is 2.52. The van der Waals surface area contributed by atoms with Crippen molar-refractivity contribution < 1.29 is 0 Å². The maximum Gasteiger partial charge on any atom is 0.0389 e. The zero-order valence-corrected chi connectivity index (χ0v) is 9.19. The quantitative estimate of drug-likeness (QED) is 0.742. The molecule has 15 heavy (non-hydrogen) atoms. The number of fused-ring (bicyclic) bond motifs is 1. The molecular formula is C13H18N2. The average Bonchev–Trinajstić information content (AvgIpc) is 2.78. The lowest BCUT2D eigenvalue weighted by molar-refractivity contribution is 0.276. The largest absolute Gasteiger partial charge is 0.316 e. The highest BCUT2D eigenvalue weighted by atomic mass is 15.2. The van der Waals surface area contributed by atoms with E-state index < -0.39 is 0 Å².